The van der Waals surface area contributed by atoms with E-state index in [1.165, 1.54) is 6.07 Å². The summed E-state index contributed by atoms with van der Waals surface area (Å²) < 4.78 is 39.8. The smallest absolute Gasteiger partial charge is 0.338 e. The minimum absolute atomic E-state index is 0.156. The summed E-state index contributed by atoms with van der Waals surface area (Å²) in [5, 5.41) is 3.15. The summed E-state index contributed by atoms with van der Waals surface area (Å²) in [5.41, 5.74) is 2.53. The second-order valence-corrected chi connectivity index (χ2v) is 8.90. The van der Waals surface area contributed by atoms with Gasteiger partial charge in [0.05, 0.1) is 16.3 Å². The van der Waals surface area contributed by atoms with Crippen molar-refractivity contribution in [2.24, 2.45) is 0 Å². The van der Waals surface area contributed by atoms with Gasteiger partial charge < -0.3 is 10.2 Å². The quantitative estimate of drug-likeness (QED) is 0.393. The Labute approximate surface area is 196 Å². The zero-order chi connectivity index (χ0) is 23.8. The number of nitrogens with one attached hydrogen (secondary N) is 1. The van der Waals surface area contributed by atoms with E-state index >= 15 is 0 Å². The summed E-state index contributed by atoms with van der Waals surface area (Å²) in [4.78, 5) is 14.6. The van der Waals surface area contributed by atoms with E-state index < -0.39 is 11.7 Å². The highest BCUT2D eigenvalue weighted by atomic mass is 35.5. The van der Waals surface area contributed by atoms with Crippen LogP contribution in [-0.2, 0) is 6.18 Å². The Kier molecular flexibility index (Phi) is 6.39. The number of hydrogen-bond acceptors (Lipinski definition) is 2. The number of benzene rings is 3. The molecule has 0 aromatic heterocycles. The molecule has 0 unspecified atom stereocenters. The molecule has 1 aliphatic rings. The molecule has 33 heavy (non-hydrogen) atoms. The molecule has 3 aromatic carbocycles. The number of rotatable bonds is 6. The van der Waals surface area contributed by atoms with Gasteiger partial charge in [0.15, 0.2) is 0 Å². The highest BCUT2D eigenvalue weighted by molar-refractivity contribution is 6.33. The average molecular weight is 473 g/mol. The van der Waals surface area contributed by atoms with Gasteiger partial charge in [-0.15, -0.1) is 0 Å². The molecule has 7 heteroatoms. The maximum absolute atomic E-state index is 13.3. The maximum Gasteiger partial charge on any atom is 0.416 e. The SMILES string of the molecule is CC(C)N(c1ccc(NC(=O)c2ccccc2C2CC2)cc1)c1cc(C(F)(F)F)ccc1Cl. The molecule has 0 heterocycles. The lowest BCUT2D eigenvalue weighted by atomic mass is 10.0. The molecule has 0 atom stereocenters. The largest absolute Gasteiger partial charge is 0.416 e. The van der Waals surface area contributed by atoms with E-state index in [-0.39, 0.29) is 22.7 Å². The topological polar surface area (TPSA) is 32.3 Å². The van der Waals surface area contributed by atoms with Gasteiger partial charge in [-0.25, -0.2) is 0 Å². The van der Waals surface area contributed by atoms with E-state index in [0.29, 0.717) is 22.9 Å². The maximum atomic E-state index is 13.3. The summed E-state index contributed by atoms with van der Waals surface area (Å²) in [6, 6.07) is 17.8. The van der Waals surface area contributed by atoms with Crippen LogP contribution in [0.4, 0.5) is 30.2 Å². The van der Waals surface area contributed by atoms with Crippen LogP contribution in [-0.4, -0.2) is 11.9 Å². The normalized spacial score (nSPS) is 13.8. The lowest BCUT2D eigenvalue weighted by Gasteiger charge is -2.30. The molecule has 0 aliphatic heterocycles. The number of hydrogen-bond donors (Lipinski definition) is 1. The third-order valence-corrected chi connectivity index (χ3v) is 5.99. The second kappa shape index (κ2) is 9.10. The fourth-order valence-electron chi connectivity index (χ4n) is 3.95. The molecule has 0 spiro atoms. The number of nitrogens with zero attached hydrogens (tertiary/aromatic N) is 1. The van der Waals surface area contributed by atoms with E-state index in [4.69, 9.17) is 11.6 Å². The fourth-order valence-corrected chi connectivity index (χ4v) is 4.16. The Hall–Kier alpha value is -2.99. The molecule has 0 bridgehead atoms. The summed E-state index contributed by atoms with van der Waals surface area (Å²) >= 11 is 6.28. The van der Waals surface area contributed by atoms with Crippen molar-refractivity contribution in [3.63, 3.8) is 0 Å². The number of halogens is 4. The van der Waals surface area contributed by atoms with E-state index in [2.05, 4.69) is 5.32 Å². The van der Waals surface area contributed by atoms with Crippen LogP contribution in [0.3, 0.4) is 0 Å². The first-order chi connectivity index (χ1) is 15.6. The molecular formula is C26H24ClF3N2O. The molecule has 3 nitrogen and oxygen atoms in total. The Morgan fingerprint density at radius 1 is 1.03 bits per heavy atom. The van der Waals surface area contributed by atoms with E-state index in [0.717, 1.165) is 30.5 Å². The van der Waals surface area contributed by atoms with Gasteiger partial charge in [0.25, 0.3) is 5.91 Å². The molecule has 1 saturated carbocycles. The van der Waals surface area contributed by atoms with E-state index in [9.17, 15) is 18.0 Å². The predicted octanol–water partition coefficient (Wildman–Crippen LogP) is 8.04. The van der Waals surface area contributed by atoms with Gasteiger partial charge >= 0.3 is 6.18 Å². The molecule has 1 fully saturated rings. The Morgan fingerprint density at radius 3 is 2.30 bits per heavy atom. The fraction of sp³-hybridized carbons (Fsp3) is 0.269. The lowest BCUT2D eigenvalue weighted by Crippen LogP contribution is -2.26. The third kappa shape index (κ3) is 5.17. The summed E-state index contributed by atoms with van der Waals surface area (Å²) in [5.74, 6) is 0.276. The molecule has 0 saturated heterocycles. The van der Waals surface area contributed by atoms with E-state index in [1.807, 2.05) is 38.1 Å². The zero-order valence-electron chi connectivity index (χ0n) is 18.3. The van der Waals surface area contributed by atoms with Crippen molar-refractivity contribution in [3.8, 4) is 0 Å². The van der Waals surface area contributed by atoms with Crippen molar-refractivity contribution in [1.29, 1.82) is 0 Å². The van der Waals surface area contributed by atoms with Crippen molar-refractivity contribution in [2.75, 3.05) is 10.2 Å². The first-order valence-corrected chi connectivity index (χ1v) is 11.2. The molecule has 1 N–H and O–H groups in total. The molecule has 3 aromatic rings. The summed E-state index contributed by atoms with van der Waals surface area (Å²) in [7, 11) is 0. The predicted molar refractivity (Wildman–Crippen MR) is 127 cm³/mol. The van der Waals surface area contributed by atoms with Gasteiger partial charge in [-0.3, -0.25) is 4.79 Å². The number of carbonyl (C=O) groups is 1. The Balaban J connectivity index is 1.58. The van der Waals surface area contributed by atoms with Gasteiger partial charge in [0.1, 0.15) is 0 Å². The summed E-state index contributed by atoms with van der Waals surface area (Å²) in [6.07, 6.45) is -2.27. The van der Waals surface area contributed by atoms with Gasteiger partial charge in [-0.1, -0.05) is 29.8 Å². The Bertz CT molecular complexity index is 1150. The number of amides is 1. The van der Waals surface area contributed by atoms with Gasteiger partial charge in [-0.05, 0) is 86.7 Å². The van der Waals surface area contributed by atoms with Crippen LogP contribution in [0, 0.1) is 0 Å². The average Bonchev–Trinajstić information content (AvgIpc) is 3.61. The van der Waals surface area contributed by atoms with Crippen LogP contribution in [0.1, 0.15) is 54.1 Å². The van der Waals surface area contributed by atoms with Crippen LogP contribution < -0.4 is 10.2 Å². The minimum atomic E-state index is -4.47. The van der Waals surface area contributed by atoms with Crippen molar-refractivity contribution < 1.29 is 18.0 Å². The van der Waals surface area contributed by atoms with E-state index in [1.54, 1.807) is 29.2 Å². The molecule has 1 amide bonds. The zero-order valence-corrected chi connectivity index (χ0v) is 19.0. The van der Waals surface area contributed by atoms with Crippen molar-refractivity contribution in [2.45, 2.75) is 44.8 Å². The molecule has 1 aliphatic carbocycles. The van der Waals surface area contributed by atoms with Crippen LogP contribution in [0.5, 0.6) is 0 Å². The van der Waals surface area contributed by atoms with Crippen LogP contribution in [0.2, 0.25) is 5.02 Å². The third-order valence-electron chi connectivity index (χ3n) is 5.68. The van der Waals surface area contributed by atoms with Crippen molar-refractivity contribution >= 4 is 34.6 Å². The lowest BCUT2D eigenvalue weighted by molar-refractivity contribution is -0.137. The molecule has 172 valence electrons. The van der Waals surface area contributed by atoms with Crippen LogP contribution in [0.15, 0.2) is 66.7 Å². The highest BCUT2D eigenvalue weighted by Crippen LogP contribution is 2.42. The van der Waals surface area contributed by atoms with Crippen molar-refractivity contribution in [3.05, 3.63) is 88.4 Å². The highest BCUT2D eigenvalue weighted by Gasteiger charge is 2.32. The van der Waals surface area contributed by atoms with Gasteiger partial charge in [0.2, 0.25) is 0 Å². The standard InChI is InChI=1S/C26H24ClF3N2O/c1-16(2)32(24-15-18(26(28,29)30)9-14-23(24)27)20-12-10-19(11-13-20)31-25(33)22-6-4-3-5-21(22)17-7-8-17/h3-6,9-17H,7-8H2,1-2H3,(H,31,33). The number of carbonyl (C=O) groups excluding carboxylic acids is 1. The first-order valence-electron chi connectivity index (χ1n) is 10.8. The minimum Gasteiger partial charge on any atom is -0.338 e. The van der Waals surface area contributed by atoms with Crippen molar-refractivity contribution in [1.82, 2.24) is 0 Å². The monoisotopic (exact) mass is 472 g/mol. The molecule has 0 radical (unpaired) electrons. The number of anilines is 3. The first kappa shape index (κ1) is 23.2. The van der Waals surface area contributed by atoms with Gasteiger partial charge in [0, 0.05) is 23.0 Å². The van der Waals surface area contributed by atoms with Gasteiger partial charge in [-0.2, -0.15) is 13.2 Å². The molecular weight excluding hydrogens is 449 g/mol. The van der Waals surface area contributed by atoms with Crippen LogP contribution in [0.25, 0.3) is 0 Å². The molecule has 4 rings (SSSR count). The Morgan fingerprint density at radius 2 is 1.70 bits per heavy atom. The number of alkyl halides is 3. The van der Waals surface area contributed by atoms with Crippen LogP contribution >= 0.6 is 11.6 Å². The second-order valence-electron chi connectivity index (χ2n) is 8.49. The summed E-state index contributed by atoms with van der Waals surface area (Å²) in [6.45, 7) is 3.75.